The van der Waals surface area contributed by atoms with Crippen molar-refractivity contribution in [3.8, 4) is 0 Å². The Morgan fingerprint density at radius 1 is 1.19 bits per heavy atom. The number of carbonyl (C=O) groups excluding carboxylic acids is 1. The van der Waals surface area contributed by atoms with Crippen molar-refractivity contribution in [1.82, 2.24) is 5.32 Å². The number of pyridine rings is 1. The van der Waals surface area contributed by atoms with Crippen LogP contribution in [0.15, 0.2) is 55.4 Å². The summed E-state index contributed by atoms with van der Waals surface area (Å²) >= 11 is 5.56. The van der Waals surface area contributed by atoms with Crippen LogP contribution in [-0.2, 0) is 5.41 Å². The van der Waals surface area contributed by atoms with Crippen molar-refractivity contribution in [2.75, 3.05) is 6.54 Å². The number of nitrogens with one attached hydrogen (secondary N) is 1. The molecule has 1 heterocycles. The molecule has 0 fully saturated rings. The first-order valence-electron chi connectivity index (χ1n) is 9.16. The van der Waals surface area contributed by atoms with Gasteiger partial charge in [0.25, 0.3) is 6.04 Å². The molecular formula is C23H29N2OS+. The molecule has 0 amide bonds. The van der Waals surface area contributed by atoms with E-state index in [4.69, 9.17) is 12.2 Å². The summed E-state index contributed by atoms with van der Waals surface area (Å²) < 4.78 is 1.88. The Labute approximate surface area is 168 Å². The van der Waals surface area contributed by atoms with Gasteiger partial charge in [-0.15, -0.1) is 6.58 Å². The number of rotatable bonds is 6. The molecule has 0 unspecified atom stereocenters. The minimum atomic E-state index is -0.587. The van der Waals surface area contributed by atoms with Gasteiger partial charge in [0.05, 0.1) is 0 Å². The first-order valence-corrected chi connectivity index (χ1v) is 9.57. The van der Waals surface area contributed by atoms with Crippen LogP contribution in [0.25, 0.3) is 0 Å². The third kappa shape index (κ3) is 5.10. The monoisotopic (exact) mass is 381 g/mol. The minimum Gasteiger partial charge on any atom is -0.370 e. The summed E-state index contributed by atoms with van der Waals surface area (Å²) in [6, 6.07) is 9.31. The summed E-state index contributed by atoms with van der Waals surface area (Å²) in [4.78, 5) is 13.8. The number of aromatic nitrogens is 1. The number of ketones is 1. The molecule has 4 heteroatoms. The van der Waals surface area contributed by atoms with E-state index < -0.39 is 6.04 Å². The van der Waals surface area contributed by atoms with Gasteiger partial charge in [-0.2, -0.15) is 4.57 Å². The lowest BCUT2D eigenvalue weighted by atomic mass is 9.88. The van der Waals surface area contributed by atoms with Gasteiger partial charge in [-0.3, -0.25) is 4.79 Å². The molecule has 27 heavy (non-hydrogen) atoms. The molecule has 2 rings (SSSR count). The van der Waals surface area contributed by atoms with Crippen molar-refractivity contribution >= 4 is 23.0 Å². The Balaban J connectivity index is 2.44. The summed E-state index contributed by atoms with van der Waals surface area (Å²) in [5.41, 5.74) is 4.18. The van der Waals surface area contributed by atoms with Crippen LogP contribution in [0, 0.1) is 13.8 Å². The second kappa shape index (κ2) is 8.57. The van der Waals surface area contributed by atoms with Crippen molar-refractivity contribution < 1.29 is 9.36 Å². The molecule has 0 aliphatic heterocycles. The summed E-state index contributed by atoms with van der Waals surface area (Å²) in [5.74, 6) is -0.0202. The maximum Gasteiger partial charge on any atom is 0.270 e. The lowest BCUT2D eigenvalue weighted by Gasteiger charge is -2.19. The molecule has 3 nitrogen and oxygen atoms in total. The van der Waals surface area contributed by atoms with Crippen LogP contribution >= 0.6 is 12.2 Å². The van der Waals surface area contributed by atoms with Crippen molar-refractivity contribution in [3.63, 3.8) is 0 Å². The number of hydrogen-bond donors (Lipinski definition) is 1. The third-order valence-electron chi connectivity index (χ3n) is 4.73. The molecule has 2 aromatic rings. The van der Waals surface area contributed by atoms with Gasteiger partial charge in [0.15, 0.2) is 17.4 Å². The number of benzene rings is 1. The fourth-order valence-electron chi connectivity index (χ4n) is 2.82. The largest absolute Gasteiger partial charge is 0.370 e. The van der Waals surface area contributed by atoms with E-state index in [1.807, 2.05) is 49.0 Å². The molecule has 1 aromatic heterocycles. The summed E-state index contributed by atoms with van der Waals surface area (Å²) in [6.45, 7) is 14.8. The molecule has 0 saturated heterocycles. The fourth-order valence-corrected chi connectivity index (χ4v) is 3.13. The average Bonchev–Trinajstić information content (AvgIpc) is 2.62. The number of hydrogen-bond acceptors (Lipinski definition) is 2. The molecule has 1 aromatic carbocycles. The van der Waals surface area contributed by atoms with E-state index in [2.05, 4.69) is 44.8 Å². The van der Waals surface area contributed by atoms with Gasteiger partial charge in [-0.05, 0) is 42.0 Å². The summed E-state index contributed by atoms with van der Waals surface area (Å²) in [7, 11) is 0. The topological polar surface area (TPSA) is 33.0 Å². The van der Waals surface area contributed by atoms with Crippen molar-refractivity contribution in [2.24, 2.45) is 0 Å². The molecule has 0 aliphatic rings. The van der Waals surface area contributed by atoms with Gasteiger partial charge in [0.1, 0.15) is 0 Å². The zero-order valence-electron chi connectivity index (χ0n) is 16.9. The maximum absolute atomic E-state index is 13.3. The molecule has 0 saturated carbocycles. The van der Waals surface area contributed by atoms with Gasteiger partial charge in [-0.25, -0.2) is 0 Å². The number of Topliss-reactive ketones (excluding diaryl/α,β-unsaturated/α-hetero) is 1. The lowest BCUT2D eigenvalue weighted by molar-refractivity contribution is -0.692. The predicted molar refractivity (Wildman–Crippen MR) is 115 cm³/mol. The number of aryl methyl sites for hydroxylation is 2. The SMILES string of the molecule is C=CCNC(=S)[C@@H](C(=O)c1ccc(C)c(C)c1)[n+]1ccc(C(C)(C)C)cc1. The highest BCUT2D eigenvalue weighted by Crippen LogP contribution is 2.21. The molecular weight excluding hydrogens is 352 g/mol. The second-order valence-corrected chi connectivity index (χ2v) is 8.32. The van der Waals surface area contributed by atoms with Gasteiger partial charge in [0, 0.05) is 24.2 Å². The van der Waals surface area contributed by atoms with E-state index in [1.165, 1.54) is 5.56 Å². The van der Waals surface area contributed by atoms with Gasteiger partial charge < -0.3 is 5.32 Å². The molecule has 0 radical (unpaired) electrons. The molecule has 1 N–H and O–H groups in total. The van der Waals surface area contributed by atoms with Crippen LogP contribution in [0.1, 0.15) is 53.9 Å². The van der Waals surface area contributed by atoms with Crippen LogP contribution in [0.5, 0.6) is 0 Å². The quantitative estimate of drug-likeness (QED) is 0.348. The van der Waals surface area contributed by atoms with E-state index in [1.54, 1.807) is 6.08 Å². The number of nitrogens with zero attached hydrogens (tertiary/aromatic N) is 1. The second-order valence-electron chi connectivity index (χ2n) is 7.88. The highest BCUT2D eigenvalue weighted by atomic mass is 32.1. The number of carbonyl (C=O) groups is 1. The maximum atomic E-state index is 13.3. The molecule has 1 atom stereocenters. The van der Waals surface area contributed by atoms with Crippen LogP contribution in [0.3, 0.4) is 0 Å². The third-order valence-corrected chi connectivity index (χ3v) is 5.09. The first kappa shape index (κ1) is 21.0. The van der Waals surface area contributed by atoms with E-state index in [-0.39, 0.29) is 11.2 Å². The Bertz CT molecular complexity index is 848. The first-order chi connectivity index (χ1) is 12.6. The average molecular weight is 382 g/mol. The van der Waals surface area contributed by atoms with Crippen LogP contribution in [0.2, 0.25) is 0 Å². The normalized spacial score (nSPS) is 12.3. The highest BCUT2D eigenvalue weighted by molar-refractivity contribution is 7.80. The zero-order chi connectivity index (χ0) is 20.2. The smallest absolute Gasteiger partial charge is 0.270 e. The Morgan fingerprint density at radius 3 is 2.33 bits per heavy atom. The van der Waals surface area contributed by atoms with E-state index in [0.29, 0.717) is 17.1 Å². The fraction of sp³-hybridized carbons (Fsp3) is 0.348. The molecule has 0 bridgehead atoms. The molecule has 0 spiro atoms. The predicted octanol–water partition coefficient (Wildman–Crippen LogP) is 4.42. The van der Waals surface area contributed by atoms with Gasteiger partial charge >= 0.3 is 0 Å². The Kier molecular flexibility index (Phi) is 6.66. The van der Waals surface area contributed by atoms with E-state index in [9.17, 15) is 4.79 Å². The van der Waals surface area contributed by atoms with E-state index >= 15 is 0 Å². The van der Waals surface area contributed by atoms with Crippen molar-refractivity contribution in [1.29, 1.82) is 0 Å². The van der Waals surface area contributed by atoms with Crippen molar-refractivity contribution in [3.05, 3.63) is 77.6 Å². The van der Waals surface area contributed by atoms with Crippen LogP contribution in [0.4, 0.5) is 0 Å². The highest BCUT2D eigenvalue weighted by Gasteiger charge is 2.33. The molecule has 142 valence electrons. The lowest BCUT2D eigenvalue weighted by Crippen LogP contribution is -2.51. The standard InChI is InChI=1S/C23H28N2OS/c1-7-12-24-22(27)20(21(26)18-9-8-16(2)17(3)15-18)25-13-10-19(11-14-25)23(4,5)6/h7-11,13-15,20H,1,12H2,2-6H3/p+1/t20-/m1/s1. The summed E-state index contributed by atoms with van der Waals surface area (Å²) in [6.07, 6.45) is 5.61. The molecule has 0 aliphatic carbocycles. The van der Waals surface area contributed by atoms with Gasteiger partial charge in [-0.1, -0.05) is 51.2 Å². The zero-order valence-corrected chi connectivity index (χ0v) is 17.7. The Morgan fingerprint density at radius 2 is 1.81 bits per heavy atom. The van der Waals surface area contributed by atoms with E-state index in [0.717, 1.165) is 11.1 Å². The number of thiocarbonyl (C=S) groups is 1. The Hall–Kier alpha value is -2.33. The van der Waals surface area contributed by atoms with Crippen LogP contribution in [-0.4, -0.2) is 17.3 Å². The van der Waals surface area contributed by atoms with Crippen molar-refractivity contribution in [2.45, 2.75) is 46.1 Å². The van der Waals surface area contributed by atoms with Gasteiger partial charge in [0.2, 0.25) is 5.78 Å². The van der Waals surface area contributed by atoms with Crippen LogP contribution < -0.4 is 9.88 Å². The summed E-state index contributed by atoms with van der Waals surface area (Å²) in [5, 5.41) is 3.12. The minimum absolute atomic E-state index is 0.0202.